The lowest BCUT2D eigenvalue weighted by Crippen LogP contribution is -2.53. The Morgan fingerprint density at radius 3 is 2.03 bits per heavy atom. The molecular weight excluding hydrogens is 500 g/mol. The third kappa shape index (κ3) is 12.5. The maximum absolute atomic E-state index is 13.4. The molecule has 3 amide bonds. The van der Waals surface area contributed by atoms with Crippen LogP contribution in [0.15, 0.2) is 12.2 Å². The summed E-state index contributed by atoms with van der Waals surface area (Å²) in [5.41, 5.74) is 0. The molecule has 224 valence electrons. The summed E-state index contributed by atoms with van der Waals surface area (Å²) < 4.78 is 11.0. The molecule has 0 bridgehead atoms. The first-order chi connectivity index (χ1) is 18.3. The molecule has 0 spiro atoms. The van der Waals surface area contributed by atoms with Gasteiger partial charge in [0.25, 0.3) is 5.91 Å². The minimum Gasteiger partial charge on any atom is -0.451 e. The summed E-state index contributed by atoms with van der Waals surface area (Å²) in [6.07, 6.45) is 3.65. The fourth-order valence-corrected chi connectivity index (χ4v) is 4.48. The van der Waals surface area contributed by atoms with E-state index in [1.54, 1.807) is 17.9 Å². The van der Waals surface area contributed by atoms with Crippen LogP contribution in [0, 0.1) is 17.8 Å². The van der Waals surface area contributed by atoms with Gasteiger partial charge < -0.3 is 25.0 Å². The number of carbonyl (C=O) groups excluding carboxylic acids is 4. The average Bonchev–Trinajstić information content (AvgIpc) is 2.86. The predicted octanol–water partition coefficient (Wildman–Crippen LogP) is 2.37. The summed E-state index contributed by atoms with van der Waals surface area (Å²) in [5.74, 6) is -1.12. The molecular formula is C29H52N4O6. The van der Waals surface area contributed by atoms with Crippen LogP contribution in [0.1, 0.15) is 67.7 Å². The SMILES string of the molecule is CC[C@H](C)[C@@H](C(=O)O[C@@H](CC(C)C)C(=O)N[C@@H](CC(C)C)C(=O)N[C@@H](C)/C=C/C(=O)N1CCOCC1)N(C)C. The number of nitrogens with one attached hydrogen (secondary N) is 2. The van der Waals surface area contributed by atoms with E-state index in [0.29, 0.717) is 39.1 Å². The van der Waals surface area contributed by atoms with Crippen LogP contribution >= 0.6 is 0 Å². The smallest absolute Gasteiger partial charge is 0.324 e. The standard InChI is InChI=1S/C29H52N4O6/c1-10-21(6)26(32(8)9)29(37)39-24(18-20(4)5)28(36)31-23(17-19(2)3)27(35)30-22(7)11-12-25(34)33-13-15-38-16-14-33/h11-12,19-24,26H,10,13-18H2,1-9H3,(H,30,35)(H,31,36)/b12-11+/t21-,22-,23-,24-,26-/m0/s1. The highest BCUT2D eigenvalue weighted by Gasteiger charge is 2.34. The molecule has 1 aliphatic rings. The summed E-state index contributed by atoms with van der Waals surface area (Å²) in [7, 11) is 3.64. The van der Waals surface area contributed by atoms with Crippen molar-refractivity contribution in [3.05, 3.63) is 12.2 Å². The molecule has 1 fully saturated rings. The second-order valence-corrected chi connectivity index (χ2v) is 11.6. The zero-order chi connectivity index (χ0) is 29.7. The van der Waals surface area contributed by atoms with Gasteiger partial charge in [0.1, 0.15) is 12.1 Å². The third-order valence-electron chi connectivity index (χ3n) is 6.78. The molecule has 2 N–H and O–H groups in total. The maximum atomic E-state index is 13.4. The molecule has 0 aromatic rings. The van der Waals surface area contributed by atoms with Gasteiger partial charge in [-0.15, -0.1) is 0 Å². The molecule has 10 nitrogen and oxygen atoms in total. The number of hydrogen-bond acceptors (Lipinski definition) is 7. The van der Waals surface area contributed by atoms with E-state index in [9.17, 15) is 19.2 Å². The van der Waals surface area contributed by atoms with Gasteiger partial charge in [-0.3, -0.25) is 24.1 Å². The highest BCUT2D eigenvalue weighted by atomic mass is 16.5. The average molecular weight is 553 g/mol. The van der Waals surface area contributed by atoms with E-state index in [4.69, 9.17) is 9.47 Å². The molecule has 0 unspecified atom stereocenters. The number of nitrogens with zero attached hydrogens (tertiary/aromatic N) is 2. The molecule has 0 radical (unpaired) electrons. The van der Waals surface area contributed by atoms with Gasteiger partial charge in [-0.25, -0.2) is 0 Å². The van der Waals surface area contributed by atoms with E-state index in [2.05, 4.69) is 10.6 Å². The van der Waals surface area contributed by atoms with Crippen LogP contribution < -0.4 is 10.6 Å². The highest BCUT2D eigenvalue weighted by Crippen LogP contribution is 2.18. The van der Waals surface area contributed by atoms with Gasteiger partial charge in [0, 0.05) is 25.2 Å². The van der Waals surface area contributed by atoms with Gasteiger partial charge in [0.05, 0.1) is 13.2 Å². The van der Waals surface area contributed by atoms with Crippen molar-refractivity contribution in [3.63, 3.8) is 0 Å². The molecule has 1 aliphatic heterocycles. The molecule has 1 saturated heterocycles. The van der Waals surface area contributed by atoms with Crippen molar-refractivity contribution >= 4 is 23.7 Å². The van der Waals surface area contributed by atoms with Crippen LogP contribution in [0.3, 0.4) is 0 Å². The summed E-state index contributed by atoms with van der Waals surface area (Å²) in [5, 5.41) is 5.71. The van der Waals surface area contributed by atoms with Crippen molar-refractivity contribution < 1.29 is 28.7 Å². The van der Waals surface area contributed by atoms with Crippen LogP contribution in [-0.2, 0) is 28.7 Å². The van der Waals surface area contributed by atoms with E-state index < -0.39 is 36.1 Å². The van der Waals surface area contributed by atoms with Gasteiger partial charge >= 0.3 is 5.97 Å². The Balaban J connectivity index is 2.93. The van der Waals surface area contributed by atoms with Gasteiger partial charge in [0.2, 0.25) is 11.8 Å². The molecule has 5 atom stereocenters. The van der Waals surface area contributed by atoms with Crippen molar-refractivity contribution in [2.45, 2.75) is 92.0 Å². The number of hydrogen-bond donors (Lipinski definition) is 2. The number of carbonyl (C=O) groups is 4. The molecule has 0 aromatic heterocycles. The Kier molecular flexibility index (Phi) is 15.3. The number of ether oxygens (including phenoxy) is 2. The number of rotatable bonds is 15. The zero-order valence-corrected chi connectivity index (χ0v) is 25.5. The van der Waals surface area contributed by atoms with Gasteiger partial charge in [-0.1, -0.05) is 54.0 Å². The van der Waals surface area contributed by atoms with Crippen molar-refractivity contribution in [2.24, 2.45) is 17.8 Å². The first-order valence-electron chi connectivity index (χ1n) is 14.3. The lowest BCUT2D eigenvalue weighted by molar-refractivity contribution is -0.163. The topological polar surface area (TPSA) is 117 Å². The molecule has 1 rings (SSSR count). The fraction of sp³-hybridized carbons (Fsp3) is 0.793. The summed E-state index contributed by atoms with van der Waals surface area (Å²) in [6.45, 7) is 15.7. The molecule has 10 heteroatoms. The lowest BCUT2D eigenvalue weighted by atomic mass is 9.98. The minimum atomic E-state index is -1.00. The van der Waals surface area contributed by atoms with Crippen molar-refractivity contribution in [2.75, 3.05) is 40.4 Å². The second kappa shape index (κ2) is 17.3. The van der Waals surface area contributed by atoms with Crippen LogP contribution in [-0.4, -0.2) is 98.1 Å². The zero-order valence-electron chi connectivity index (χ0n) is 25.5. The number of morpholine rings is 1. The first kappa shape index (κ1) is 34.6. The Labute approximate surface area is 235 Å². The van der Waals surface area contributed by atoms with Crippen molar-refractivity contribution in [1.29, 1.82) is 0 Å². The van der Waals surface area contributed by atoms with Crippen LogP contribution in [0.25, 0.3) is 0 Å². The molecule has 39 heavy (non-hydrogen) atoms. The minimum absolute atomic E-state index is 0.0550. The van der Waals surface area contributed by atoms with E-state index >= 15 is 0 Å². The van der Waals surface area contributed by atoms with Crippen LogP contribution in [0.5, 0.6) is 0 Å². The summed E-state index contributed by atoms with van der Waals surface area (Å²) in [4.78, 5) is 55.5. The van der Waals surface area contributed by atoms with Gasteiger partial charge in [0.15, 0.2) is 6.10 Å². The Morgan fingerprint density at radius 2 is 1.51 bits per heavy atom. The van der Waals surface area contributed by atoms with E-state index in [1.807, 2.05) is 60.5 Å². The predicted molar refractivity (Wildman–Crippen MR) is 152 cm³/mol. The maximum Gasteiger partial charge on any atom is 0.324 e. The van der Waals surface area contributed by atoms with Crippen molar-refractivity contribution in [1.82, 2.24) is 20.4 Å². The quantitative estimate of drug-likeness (QED) is 0.237. The normalized spacial score (nSPS) is 18.1. The van der Waals surface area contributed by atoms with Gasteiger partial charge in [-0.2, -0.15) is 0 Å². The lowest BCUT2D eigenvalue weighted by Gasteiger charge is -2.30. The Bertz CT molecular complexity index is 823. The summed E-state index contributed by atoms with van der Waals surface area (Å²) >= 11 is 0. The third-order valence-corrected chi connectivity index (χ3v) is 6.78. The van der Waals surface area contributed by atoms with Crippen LogP contribution in [0.4, 0.5) is 0 Å². The Morgan fingerprint density at radius 1 is 0.923 bits per heavy atom. The van der Waals surface area contributed by atoms with E-state index in [0.717, 1.165) is 6.42 Å². The fourth-order valence-electron chi connectivity index (χ4n) is 4.48. The summed E-state index contributed by atoms with van der Waals surface area (Å²) in [6, 6.07) is -1.70. The van der Waals surface area contributed by atoms with Gasteiger partial charge in [-0.05, 0) is 51.6 Å². The Hall–Kier alpha value is -2.46. The van der Waals surface area contributed by atoms with E-state index in [1.165, 1.54) is 6.08 Å². The number of likely N-dealkylation sites (N-methyl/N-ethyl adjacent to an activating group) is 1. The van der Waals surface area contributed by atoms with Crippen LogP contribution in [0.2, 0.25) is 0 Å². The largest absolute Gasteiger partial charge is 0.451 e. The molecule has 0 aromatic carbocycles. The monoisotopic (exact) mass is 552 g/mol. The molecule has 0 aliphatic carbocycles. The highest BCUT2D eigenvalue weighted by molar-refractivity contribution is 5.91. The second-order valence-electron chi connectivity index (χ2n) is 11.6. The first-order valence-corrected chi connectivity index (χ1v) is 14.3. The van der Waals surface area contributed by atoms with E-state index in [-0.39, 0.29) is 29.6 Å². The number of amides is 3. The van der Waals surface area contributed by atoms with Crippen molar-refractivity contribution in [3.8, 4) is 0 Å². The molecule has 1 heterocycles. The molecule has 0 saturated carbocycles. The number of esters is 1.